The van der Waals surface area contributed by atoms with Crippen LogP contribution in [-0.4, -0.2) is 48.2 Å². The molecule has 5 rings (SSSR count). The van der Waals surface area contributed by atoms with Crippen LogP contribution in [0.5, 0.6) is 5.75 Å². The molecular formula is C24H22N4O2. The lowest BCUT2D eigenvalue weighted by molar-refractivity contribution is 0.315. The number of rotatable bonds is 3. The molecule has 6 heteroatoms. The smallest absolute Gasteiger partial charge is 0.227 e. The number of aromatic nitrogens is 1. The number of phenols is 1. The predicted molar refractivity (Wildman–Crippen MR) is 118 cm³/mol. The number of phenolic OH excluding ortho intramolecular Hbond substituents is 1. The van der Waals surface area contributed by atoms with Crippen molar-refractivity contribution in [3.8, 4) is 22.9 Å². The third-order valence-electron chi connectivity index (χ3n) is 5.98. The van der Waals surface area contributed by atoms with Gasteiger partial charge >= 0.3 is 0 Å². The first-order valence-electron chi connectivity index (χ1n) is 10.0. The number of nitrogens with zero attached hydrogens (tertiary/aromatic N) is 4. The average Bonchev–Trinajstić information content (AvgIpc) is 3.38. The summed E-state index contributed by atoms with van der Waals surface area (Å²) in [5.41, 5.74) is 4.38. The Bertz CT molecular complexity index is 1300. The van der Waals surface area contributed by atoms with Crippen molar-refractivity contribution in [2.24, 2.45) is 0 Å². The Morgan fingerprint density at radius 2 is 2.10 bits per heavy atom. The molecule has 30 heavy (non-hydrogen) atoms. The fourth-order valence-corrected chi connectivity index (χ4v) is 4.44. The quantitative estimate of drug-likeness (QED) is 0.552. The molecule has 0 spiro atoms. The standard InChI is InChI=1S/C24H22N4O2/c1-27(2)17-8-10-28(14-17)22-20(15-5-3-6-18(29)11-15)12-16(13-25)23-21(22)19-7-4-9-26-24(19)30-23/h3-7,9,11-12,17,29H,8,10,14H2,1-2H3/t17-/m0/s1. The first-order chi connectivity index (χ1) is 14.6. The first kappa shape index (κ1) is 18.5. The molecule has 1 saturated heterocycles. The summed E-state index contributed by atoms with van der Waals surface area (Å²) in [6.07, 6.45) is 2.76. The Balaban J connectivity index is 1.86. The molecular weight excluding hydrogens is 376 g/mol. The lowest BCUT2D eigenvalue weighted by Gasteiger charge is -2.25. The molecule has 1 aliphatic rings. The summed E-state index contributed by atoms with van der Waals surface area (Å²) in [6.45, 7) is 1.79. The molecule has 0 bridgehead atoms. The largest absolute Gasteiger partial charge is 0.508 e. The first-order valence-corrected chi connectivity index (χ1v) is 10.0. The van der Waals surface area contributed by atoms with E-state index in [0.717, 1.165) is 47.1 Å². The van der Waals surface area contributed by atoms with E-state index in [1.807, 2.05) is 30.3 Å². The van der Waals surface area contributed by atoms with Gasteiger partial charge in [0.15, 0.2) is 5.58 Å². The molecule has 1 fully saturated rings. The van der Waals surface area contributed by atoms with Crippen molar-refractivity contribution >= 4 is 27.8 Å². The molecule has 6 nitrogen and oxygen atoms in total. The maximum atomic E-state index is 10.1. The lowest BCUT2D eigenvalue weighted by atomic mass is 9.96. The molecule has 150 valence electrons. The van der Waals surface area contributed by atoms with Crippen molar-refractivity contribution in [1.82, 2.24) is 9.88 Å². The maximum Gasteiger partial charge on any atom is 0.227 e. The number of aromatic hydroxyl groups is 1. The Labute approximate surface area is 174 Å². The van der Waals surface area contributed by atoms with Crippen LogP contribution in [0, 0.1) is 11.3 Å². The minimum Gasteiger partial charge on any atom is -0.508 e. The summed E-state index contributed by atoms with van der Waals surface area (Å²) in [6, 6.07) is 15.7. The van der Waals surface area contributed by atoms with Gasteiger partial charge in [-0.15, -0.1) is 0 Å². The number of pyridine rings is 1. The Hall–Kier alpha value is -3.56. The number of fused-ring (bicyclic) bond motifs is 3. The van der Waals surface area contributed by atoms with E-state index in [-0.39, 0.29) is 5.75 Å². The molecule has 1 aliphatic heterocycles. The van der Waals surface area contributed by atoms with Gasteiger partial charge in [0.25, 0.3) is 0 Å². The van der Waals surface area contributed by atoms with Gasteiger partial charge in [-0.3, -0.25) is 0 Å². The number of benzene rings is 2. The van der Waals surface area contributed by atoms with Crippen LogP contribution in [0.25, 0.3) is 33.2 Å². The normalized spacial score (nSPS) is 16.6. The van der Waals surface area contributed by atoms with Crippen LogP contribution in [-0.2, 0) is 0 Å². The molecule has 2 aromatic heterocycles. The Morgan fingerprint density at radius 3 is 2.83 bits per heavy atom. The van der Waals surface area contributed by atoms with Gasteiger partial charge in [0.1, 0.15) is 11.8 Å². The summed E-state index contributed by atoms with van der Waals surface area (Å²) in [4.78, 5) is 9.00. The van der Waals surface area contributed by atoms with Gasteiger partial charge in [-0.25, -0.2) is 4.98 Å². The Kier molecular flexibility index (Phi) is 4.34. The van der Waals surface area contributed by atoms with Crippen molar-refractivity contribution in [2.75, 3.05) is 32.1 Å². The molecule has 0 unspecified atom stereocenters. The second kappa shape index (κ2) is 7.05. The van der Waals surface area contributed by atoms with Crippen LogP contribution in [0.15, 0.2) is 53.1 Å². The van der Waals surface area contributed by atoms with Gasteiger partial charge in [0.2, 0.25) is 5.71 Å². The summed E-state index contributed by atoms with van der Waals surface area (Å²) in [5, 5.41) is 21.8. The van der Waals surface area contributed by atoms with E-state index in [9.17, 15) is 10.4 Å². The van der Waals surface area contributed by atoms with E-state index in [1.54, 1.807) is 18.3 Å². The van der Waals surface area contributed by atoms with Gasteiger partial charge in [0.05, 0.1) is 22.0 Å². The number of furan rings is 1. The highest BCUT2D eigenvalue weighted by Crippen LogP contribution is 2.45. The van der Waals surface area contributed by atoms with E-state index < -0.39 is 0 Å². The number of likely N-dealkylation sites (N-methyl/N-ethyl adjacent to an activating group) is 1. The highest BCUT2D eigenvalue weighted by Gasteiger charge is 2.30. The predicted octanol–water partition coefficient (Wildman–Crippen LogP) is 4.37. The maximum absolute atomic E-state index is 10.1. The van der Waals surface area contributed by atoms with E-state index in [4.69, 9.17) is 4.42 Å². The highest BCUT2D eigenvalue weighted by molar-refractivity contribution is 6.16. The fraction of sp³-hybridized carbons (Fsp3) is 0.250. The van der Waals surface area contributed by atoms with Crippen molar-refractivity contribution in [2.45, 2.75) is 12.5 Å². The SMILES string of the molecule is CN(C)[C@H]1CCN(c2c(-c3cccc(O)c3)cc(C#N)c3oc4ncccc4c23)C1. The topological polar surface area (TPSA) is 76.5 Å². The molecule has 0 radical (unpaired) electrons. The molecule has 4 aromatic rings. The second-order valence-corrected chi connectivity index (χ2v) is 8.00. The molecule has 2 aromatic carbocycles. The number of hydrogen-bond acceptors (Lipinski definition) is 6. The van der Waals surface area contributed by atoms with Gasteiger partial charge < -0.3 is 19.3 Å². The van der Waals surface area contributed by atoms with E-state index in [0.29, 0.717) is 22.9 Å². The molecule has 1 N–H and O–H groups in total. The highest BCUT2D eigenvalue weighted by atomic mass is 16.3. The van der Waals surface area contributed by atoms with E-state index >= 15 is 0 Å². The molecule has 3 heterocycles. The van der Waals surface area contributed by atoms with Crippen molar-refractivity contribution < 1.29 is 9.52 Å². The number of anilines is 1. The third-order valence-corrected chi connectivity index (χ3v) is 5.98. The third kappa shape index (κ3) is 2.87. The van der Waals surface area contributed by atoms with Crippen molar-refractivity contribution in [3.05, 3.63) is 54.2 Å². The van der Waals surface area contributed by atoms with E-state index in [1.165, 1.54) is 0 Å². The van der Waals surface area contributed by atoms with Crippen molar-refractivity contribution in [3.63, 3.8) is 0 Å². The molecule has 0 amide bonds. The fourth-order valence-electron chi connectivity index (χ4n) is 4.44. The number of nitriles is 1. The van der Waals surface area contributed by atoms with Crippen LogP contribution < -0.4 is 4.90 Å². The average molecular weight is 398 g/mol. The van der Waals surface area contributed by atoms with Gasteiger partial charge in [-0.05, 0) is 56.4 Å². The molecule has 0 aliphatic carbocycles. The molecule has 1 atom stereocenters. The minimum absolute atomic E-state index is 0.198. The minimum atomic E-state index is 0.198. The van der Waals surface area contributed by atoms with Crippen LogP contribution >= 0.6 is 0 Å². The number of hydrogen-bond donors (Lipinski definition) is 1. The van der Waals surface area contributed by atoms with Crippen LogP contribution in [0.1, 0.15) is 12.0 Å². The van der Waals surface area contributed by atoms with Crippen LogP contribution in [0.2, 0.25) is 0 Å². The zero-order valence-electron chi connectivity index (χ0n) is 17.0. The van der Waals surface area contributed by atoms with Gasteiger partial charge in [-0.2, -0.15) is 5.26 Å². The summed E-state index contributed by atoms with van der Waals surface area (Å²) in [7, 11) is 4.21. The van der Waals surface area contributed by atoms with E-state index in [2.05, 4.69) is 34.9 Å². The van der Waals surface area contributed by atoms with Crippen LogP contribution in [0.3, 0.4) is 0 Å². The van der Waals surface area contributed by atoms with Crippen LogP contribution in [0.4, 0.5) is 5.69 Å². The Morgan fingerprint density at radius 1 is 1.23 bits per heavy atom. The lowest BCUT2D eigenvalue weighted by Crippen LogP contribution is -2.31. The second-order valence-electron chi connectivity index (χ2n) is 8.00. The van der Waals surface area contributed by atoms with Crippen molar-refractivity contribution in [1.29, 1.82) is 5.26 Å². The summed E-state index contributed by atoms with van der Waals surface area (Å²) < 4.78 is 6.04. The van der Waals surface area contributed by atoms with Gasteiger partial charge in [-0.1, -0.05) is 12.1 Å². The summed E-state index contributed by atoms with van der Waals surface area (Å²) >= 11 is 0. The monoisotopic (exact) mass is 398 g/mol. The van der Waals surface area contributed by atoms with Gasteiger partial charge in [0, 0.05) is 30.9 Å². The zero-order valence-corrected chi connectivity index (χ0v) is 17.0. The zero-order chi connectivity index (χ0) is 20.8. The molecule has 0 saturated carbocycles. The summed E-state index contributed by atoms with van der Waals surface area (Å²) in [5.74, 6) is 0.198.